The molecule has 2 fully saturated rings. The lowest BCUT2D eigenvalue weighted by molar-refractivity contribution is 0.0697. The van der Waals surface area contributed by atoms with Gasteiger partial charge in [-0.1, -0.05) is 0 Å². The minimum Gasteiger partial charge on any atom is -0.466 e. The molecule has 2 saturated heterocycles. The van der Waals surface area contributed by atoms with E-state index in [0.717, 1.165) is 12.3 Å². The lowest BCUT2D eigenvalue weighted by Gasteiger charge is -2.32. The van der Waals surface area contributed by atoms with E-state index in [1.54, 1.807) is 18.3 Å². The molecule has 4 rings (SSSR count). The van der Waals surface area contributed by atoms with Gasteiger partial charge < -0.3 is 19.1 Å². The van der Waals surface area contributed by atoms with Crippen LogP contribution in [0.3, 0.4) is 0 Å². The fourth-order valence-electron chi connectivity index (χ4n) is 4.93. The normalized spacial score (nSPS) is 23.7. The second kappa shape index (κ2) is 7.26. The van der Waals surface area contributed by atoms with E-state index in [0.29, 0.717) is 43.2 Å². The molecule has 0 N–H and O–H groups in total. The van der Waals surface area contributed by atoms with Crippen LogP contribution in [0.25, 0.3) is 0 Å². The molecule has 8 nitrogen and oxygen atoms in total. The molecule has 2 aliphatic heterocycles. The van der Waals surface area contributed by atoms with Gasteiger partial charge in [0.05, 0.1) is 5.56 Å². The fraction of sp³-hybridized carbons (Fsp3) is 0.524. The van der Waals surface area contributed by atoms with Gasteiger partial charge in [-0.25, -0.2) is 0 Å². The first-order valence-corrected chi connectivity index (χ1v) is 9.87. The number of amides is 2. The van der Waals surface area contributed by atoms with Crippen LogP contribution in [-0.2, 0) is 0 Å². The Morgan fingerprint density at radius 3 is 2.45 bits per heavy atom. The van der Waals surface area contributed by atoms with Crippen molar-refractivity contribution in [2.75, 3.05) is 46.8 Å². The number of likely N-dealkylation sites (tertiary alicyclic amines) is 2. The third-order valence-electron chi connectivity index (χ3n) is 6.03. The zero-order chi connectivity index (χ0) is 20.8. The zero-order valence-corrected chi connectivity index (χ0v) is 17.4. The van der Waals surface area contributed by atoms with Crippen LogP contribution in [0, 0.1) is 25.2 Å². The molecule has 0 radical (unpaired) electrons. The monoisotopic (exact) mass is 397 g/mol. The van der Waals surface area contributed by atoms with E-state index in [4.69, 9.17) is 4.42 Å². The smallest absolute Gasteiger partial charge is 0.274 e. The average Bonchev–Trinajstić information content (AvgIpc) is 3.30. The zero-order valence-electron chi connectivity index (χ0n) is 17.4. The highest BCUT2D eigenvalue weighted by Gasteiger charge is 2.55. The predicted octanol–water partition coefficient (Wildman–Crippen LogP) is 1.46. The van der Waals surface area contributed by atoms with Gasteiger partial charge in [0.15, 0.2) is 5.69 Å². The highest BCUT2D eigenvalue weighted by Crippen LogP contribution is 2.44. The maximum absolute atomic E-state index is 13.1. The first-order chi connectivity index (χ1) is 13.8. The molecule has 4 heterocycles. The van der Waals surface area contributed by atoms with Gasteiger partial charge in [-0.05, 0) is 46.1 Å². The Hall–Kier alpha value is -2.74. The van der Waals surface area contributed by atoms with Crippen molar-refractivity contribution in [2.45, 2.75) is 13.8 Å². The topological polar surface area (TPSA) is 82.8 Å². The molecule has 8 heteroatoms. The summed E-state index contributed by atoms with van der Waals surface area (Å²) in [6.07, 6.45) is 1.56. The van der Waals surface area contributed by atoms with Crippen molar-refractivity contribution < 1.29 is 14.0 Å². The lowest BCUT2D eigenvalue weighted by Crippen LogP contribution is -2.43. The number of fused-ring (bicyclic) bond motifs is 1. The summed E-state index contributed by atoms with van der Waals surface area (Å²) in [6, 6.07) is 5.23. The van der Waals surface area contributed by atoms with E-state index in [1.165, 1.54) is 0 Å². The number of aromatic nitrogens is 2. The predicted molar refractivity (Wildman–Crippen MR) is 106 cm³/mol. The van der Waals surface area contributed by atoms with Crippen LogP contribution < -0.4 is 0 Å². The molecule has 0 aliphatic carbocycles. The van der Waals surface area contributed by atoms with Crippen LogP contribution in [-0.4, -0.2) is 83.5 Å². The van der Waals surface area contributed by atoms with Crippen molar-refractivity contribution in [3.8, 4) is 0 Å². The number of carbonyl (C=O) groups excluding carboxylic acids is 2. The molecule has 0 unspecified atom stereocenters. The molecule has 0 aromatic carbocycles. The highest BCUT2D eigenvalue weighted by atomic mass is 16.3. The van der Waals surface area contributed by atoms with Gasteiger partial charge in [0, 0.05) is 50.3 Å². The molecule has 2 aromatic heterocycles. The SMILES string of the molecule is Cc1cc(C(=O)N2C[C@@H]3CN(C(=O)c4cccnn4)C[C@]3(CN(C)C)C2)c(C)o1. The van der Waals surface area contributed by atoms with E-state index in [2.05, 4.69) is 15.1 Å². The summed E-state index contributed by atoms with van der Waals surface area (Å²) >= 11 is 0. The summed E-state index contributed by atoms with van der Waals surface area (Å²) in [5.74, 6) is 1.55. The molecule has 154 valence electrons. The Bertz CT molecular complexity index is 926. The van der Waals surface area contributed by atoms with Crippen LogP contribution in [0.1, 0.15) is 32.4 Å². The summed E-state index contributed by atoms with van der Waals surface area (Å²) in [6.45, 7) is 6.99. The van der Waals surface area contributed by atoms with Gasteiger partial charge in [-0.15, -0.1) is 5.10 Å². The number of rotatable bonds is 4. The number of aryl methyl sites for hydroxylation is 2. The van der Waals surface area contributed by atoms with Crippen LogP contribution in [0.2, 0.25) is 0 Å². The van der Waals surface area contributed by atoms with Crippen molar-refractivity contribution in [3.63, 3.8) is 0 Å². The van der Waals surface area contributed by atoms with E-state index in [1.807, 2.05) is 43.8 Å². The third kappa shape index (κ3) is 3.53. The molecule has 29 heavy (non-hydrogen) atoms. The summed E-state index contributed by atoms with van der Waals surface area (Å²) in [7, 11) is 4.07. The van der Waals surface area contributed by atoms with E-state index >= 15 is 0 Å². The first-order valence-electron chi connectivity index (χ1n) is 9.87. The van der Waals surface area contributed by atoms with E-state index in [9.17, 15) is 9.59 Å². The largest absolute Gasteiger partial charge is 0.466 e. The number of hydrogen-bond acceptors (Lipinski definition) is 6. The van der Waals surface area contributed by atoms with Gasteiger partial charge in [-0.2, -0.15) is 5.10 Å². The van der Waals surface area contributed by atoms with Crippen LogP contribution in [0.5, 0.6) is 0 Å². The van der Waals surface area contributed by atoms with Gasteiger partial charge >= 0.3 is 0 Å². The van der Waals surface area contributed by atoms with Gasteiger partial charge in [0.25, 0.3) is 11.8 Å². The second-order valence-corrected chi connectivity index (χ2v) is 8.60. The van der Waals surface area contributed by atoms with Crippen LogP contribution in [0.15, 0.2) is 28.8 Å². The van der Waals surface area contributed by atoms with Gasteiger partial charge in [0.2, 0.25) is 0 Å². The van der Waals surface area contributed by atoms with Crippen LogP contribution >= 0.6 is 0 Å². The second-order valence-electron chi connectivity index (χ2n) is 8.60. The molecule has 0 saturated carbocycles. The lowest BCUT2D eigenvalue weighted by atomic mass is 9.80. The summed E-state index contributed by atoms with van der Waals surface area (Å²) < 4.78 is 5.55. The molecule has 2 atom stereocenters. The summed E-state index contributed by atoms with van der Waals surface area (Å²) in [5, 5.41) is 7.80. The van der Waals surface area contributed by atoms with Crippen molar-refractivity contribution in [3.05, 3.63) is 47.2 Å². The molecule has 2 aromatic rings. The Morgan fingerprint density at radius 2 is 1.90 bits per heavy atom. The van der Waals surface area contributed by atoms with E-state index in [-0.39, 0.29) is 23.1 Å². The van der Waals surface area contributed by atoms with Crippen molar-refractivity contribution in [2.24, 2.45) is 11.3 Å². The fourth-order valence-corrected chi connectivity index (χ4v) is 4.93. The van der Waals surface area contributed by atoms with Crippen molar-refractivity contribution >= 4 is 11.8 Å². The minimum absolute atomic E-state index is 0.0127. The number of hydrogen-bond donors (Lipinski definition) is 0. The van der Waals surface area contributed by atoms with Gasteiger partial charge in [0.1, 0.15) is 11.5 Å². The number of furan rings is 1. The number of carbonyl (C=O) groups is 2. The van der Waals surface area contributed by atoms with Gasteiger partial charge in [-0.3, -0.25) is 9.59 Å². The molecule has 2 aliphatic rings. The molecule has 0 spiro atoms. The molecular weight excluding hydrogens is 370 g/mol. The van der Waals surface area contributed by atoms with E-state index < -0.39 is 0 Å². The average molecular weight is 397 g/mol. The summed E-state index contributed by atoms with van der Waals surface area (Å²) in [4.78, 5) is 32.0. The minimum atomic E-state index is -0.149. The first kappa shape index (κ1) is 19.6. The Kier molecular flexibility index (Phi) is 4.90. The molecule has 0 bridgehead atoms. The highest BCUT2D eigenvalue weighted by molar-refractivity contribution is 5.96. The maximum atomic E-state index is 13.1. The standard InChI is InChI=1S/C21H27N5O3/c1-14-8-17(15(2)29-14)19(27)25-9-16-10-26(13-21(16,12-25)11-24(3)4)20(28)18-6-5-7-22-23-18/h5-8,16H,9-13H2,1-4H3/t16-,21+/m1/s1. The van der Waals surface area contributed by atoms with Crippen molar-refractivity contribution in [1.82, 2.24) is 24.9 Å². The molecule has 2 amide bonds. The Balaban J connectivity index is 1.55. The van der Waals surface area contributed by atoms with Crippen molar-refractivity contribution in [1.29, 1.82) is 0 Å². The summed E-state index contributed by atoms with van der Waals surface area (Å²) in [5.41, 5.74) is 0.851. The Labute approximate surface area is 170 Å². The van der Waals surface area contributed by atoms with Crippen LogP contribution in [0.4, 0.5) is 0 Å². The maximum Gasteiger partial charge on any atom is 0.274 e. The Morgan fingerprint density at radius 1 is 1.21 bits per heavy atom. The molecular formula is C21H27N5O3. The third-order valence-corrected chi connectivity index (χ3v) is 6.03. The number of nitrogens with zero attached hydrogens (tertiary/aromatic N) is 5. The quantitative estimate of drug-likeness (QED) is 0.777.